The number of anilines is 2. The molecule has 1 aromatic heterocycles. The summed E-state index contributed by atoms with van der Waals surface area (Å²) in [6.07, 6.45) is -3.40. The minimum absolute atomic E-state index is 0.131. The smallest absolute Gasteiger partial charge is 0.371 e. The maximum atomic E-state index is 13.6. The first kappa shape index (κ1) is 28.7. The third kappa shape index (κ3) is 7.22. The molecule has 1 heterocycles. The number of hydrogen-bond acceptors (Lipinski definition) is 4. The van der Waals surface area contributed by atoms with Gasteiger partial charge in [-0.1, -0.05) is 25.1 Å². The highest BCUT2D eigenvalue weighted by atomic mass is 19.4. The Morgan fingerprint density at radius 1 is 0.923 bits per heavy atom. The van der Waals surface area contributed by atoms with Gasteiger partial charge in [0.2, 0.25) is 5.95 Å². The number of hydrogen-bond donors (Lipinski definition) is 0. The van der Waals surface area contributed by atoms with Crippen LogP contribution in [-0.2, 0) is 18.9 Å². The van der Waals surface area contributed by atoms with Crippen molar-refractivity contribution < 1.29 is 26.3 Å². The second-order valence-corrected chi connectivity index (χ2v) is 10.2. The molecular formula is C29H32F6N4. The highest BCUT2D eigenvalue weighted by Gasteiger charge is 2.37. The van der Waals surface area contributed by atoms with Crippen molar-refractivity contribution in [1.29, 1.82) is 0 Å². The van der Waals surface area contributed by atoms with Crippen LogP contribution < -0.4 is 9.80 Å². The Morgan fingerprint density at radius 2 is 1.51 bits per heavy atom. The van der Waals surface area contributed by atoms with E-state index in [1.807, 2.05) is 31.2 Å². The average Bonchev–Trinajstić information content (AvgIpc) is 3.70. The van der Waals surface area contributed by atoms with Crippen LogP contribution in [0.3, 0.4) is 0 Å². The van der Waals surface area contributed by atoms with E-state index >= 15 is 0 Å². The fourth-order valence-corrected chi connectivity index (χ4v) is 4.71. The van der Waals surface area contributed by atoms with Gasteiger partial charge in [0.15, 0.2) is 0 Å². The van der Waals surface area contributed by atoms with E-state index in [2.05, 4.69) is 21.8 Å². The first-order valence-electron chi connectivity index (χ1n) is 13.0. The van der Waals surface area contributed by atoms with Gasteiger partial charge in [-0.15, -0.1) is 0 Å². The molecule has 210 valence electrons. The predicted octanol–water partition coefficient (Wildman–Crippen LogP) is 8.22. The molecule has 4 nitrogen and oxygen atoms in total. The van der Waals surface area contributed by atoms with Gasteiger partial charge in [0.05, 0.1) is 17.2 Å². The van der Waals surface area contributed by atoms with Crippen molar-refractivity contribution in [2.24, 2.45) is 5.92 Å². The van der Waals surface area contributed by atoms with Crippen molar-refractivity contribution >= 4 is 11.6 Å². The first-order valence-corrected chi connectivity index (χ1v) is 13.0. The van der Waals surface area contributed by atoms with E-state index in [9.17, 15) is 26.3 Å². The van der Waals surface area contributed by atoms with Gasteiger partial charge >= 0.3 is 12.4 Å². The molecular weight excluding hydrogens is 518 g/mol. The van der Waals surface area contributed by atoms with Gasteiger partial charge in [0.25, 0.3) is 0 Å². The Hall–Kier alpha value is -3.30. The van der Waals surface area contributed by atoms with Crippen LogP contribution in [0.15, 0.2) is 54.9 Å². The summed E-state index contributed by atoms with van der Waals surface area (Å²) >= 11 is 0. The van der Waals surface area contributed by atoms with Crippen molar-refractivity contribution in [1.82, 2.24) is 9.97 Å². The van der Waals surface area contributed by atoms with Crippen molar-refractivity contribution in [3.63, 3.8) is 0 Å². The molecule has 39 heavy (non-hydrogen) atoms. The molecule has 1 unspecified atom stereocenters. The lowest BCUT2D eigenvalue weighted by Crippen LogP contribution is -2.32. The molecule has 0 bridgehead atoms. The lowest BCUT2D eigenvalue weighted by atomic mass is 10.0. The highest BCUT2D eigenvalue weighted by Crippen LogP contribution is 2.39. The molecule has 2 aromatic carbocycles. The zero-order chi connectivity index (χ0) is 28.4. The maximum absolute atomic E-state index is 13.6. The fourth-order valence-electron chi connectivity index (χ4n) is 4.71. The van der Waals surface area contributed by atoms with Crippen LogP contribution in [0, 0.1) is 12.8 Å². The van der Waals surface area contributed by atoms with E-state index in [4.69, 9.17) is 0 Å². The van der Waals surface area contributed by atoms with Crippen LogP contribution in [0.1, 0.15) is 67.0 Å². The van der Waals surface area contributed by atoms with Crippen LogP contribution >= 0.6 is 0 Å². The van der Waals surface area contributed by atoms with Crippen LogP contribution in [0.4, 0.5) is 38.0 Å². The van der Waals surface area contributed by atoms with Crippen molar-refractivity contribution in [2.75, 3.05) is 22.9 Å². The fraction of sp³-hybridized carbons (Fsp3) is 0.448. The number of halogens is 6. The molecule has 1 aliphatic rings. The molecule has 4 rings (SSSR count). The standard InChI is InChI=1S/C29H32F6N4/c1-4-11-38(17-21-9-10-21)26-8-6-5-7-25(26)20(3)39(27-36-15-19(2)16-37-27)18-22-12-23(28(30,31)32)14-24(13-22)29(33,34)35/h5-8,12-16,20-21H,4,9-11,17-18H2,1-3H3. The maximum Gasteiger partial charge on any atom is 0.416 e. The Balaban J connectivity index is 1.78. The van der Waals surface area contributed by atoms with Crippen LogP contribution in [0.25, 0.3) is 0 Å². The summed E-state index contributed by atoms with van der Waals surface area (Å²) in [5.41, 5.74) is -0.139. The van der Waals surface area contributed by atoms with Gasteiger partial charge in [0.1, 0.15) is 0 Å². The van der Waals surface area contributed by atoms with Crippen molar-refractivity contribution in [3.8, 4) is 0 Å². The summed E-state index contributed by atoms with van der Waals surface area (Å²) in [6, 6.07) is 9.03. The number of benzene rings is 2. The molecule has 3 aromatic rings. The van der Waals surface area contributed by atoms with Crippen LogP contribution in [0.2, 0.25) is 0 Å². The Kier molecular flexibility index (Phi) is 8.42. The molecule has 10 heteroatoms. The summed E-state index contributed by atoms with van der Waals surface area (Å²) in [4.78, 5) is 12.8. The summed E-state index contributed by atoms with van der Waals surface area (Å²) in [5, 5.41) is 0. The Bertz CT molecular complexity index is 1220. The van der Waals surface area contributed by atoms with Gasteiger partial charge in [0, 0.05) is 37.7 Å². The quantitative estimate of drug-likeness (QED) is 0.238. The third-order valence-corrected chi connectivity index (χ3v) is 6.89. The monoisotopic (exact) mass is 550 g/mol. The summed E-state index contributed by atoms with van der Waals surface area (Å²) in [7, 11) is 0. The number of para-hydroxylation sites is 1. The second-order valence-electron chi connectivity index (χ2n) is 10.2. The van der Waals surface area contributed by atoms with Gasteiger partial charge in [-0.05, 0) is 80.0 Å². The van der Waals surface area contributed by atoms with E-state index in [1.54, 1.807) is 24.2 Å². The molecule has 1 aliphatic carbocycles. The summed E-state index contributed by atoms with van der Waals surface area (Å²) in [6.45, 7) is 7.27. The molecule has 0 radical (unpaired) electrons. The van der Waals surface area contributed by atoms with Crippen molar-refractivity contribution in [2.45, 2.75) is 65.0 Å². The largest absolute Gasteiger partial charge is 0.416 e. The molecule has 0 spiro atoms. The second kappa shape index (κ2) is 11.4. The summed E-state index contributed by atoms with van der Waals surface area (Å²) < 4.78 is 81.5. The number of aryl methyl sites for hydroxylation is 1. The Morgan fingerprint density at radius 3 is 2.05 bits per heavy atom. The Labute approximate surface area is 224 Å². The molecule has 0 amide bonds. The lowest BCUT2D eigenvalue weighted by molar-refractivity contribution is -0.143. The molecule has 0 saturated heterocycles. The molecule has 1 fully saturated rings. The van der Waals surface area contributed by atoms with Gasteiger partial charge < -0.3 is 9.80 Å². The SMILES string of the molecule is CCCN(CC1CC1)c1ccccc1C(C)N(Cc1cc(C(F)(F)F)cc(C(F)(F)F)c1)c1ncc(C)cn1. The minimum Gasteiger partial charge on any atom is -0.371 e. The number of aromatic nitrogens is 2. The number of nitrogens with zero attached hydrogens (tertiary/aromatic N) is 4. The molecule has 0 aliphatic heterocycles. The van der Waals surface area contributed by atoms with Crippen molar-refractivity contribution in [3.05, 3.63) is 82.7 Å². The van der Waals surface area contributed by atoms with Crippen LogP contribution in [0.5, 0.6) is 0 Å². The molecule has 1 atom stereocenters. The highest BCUT2D eigenvalue weighted by molar-refractivity contribution is 5.57. The van der Waals surface area contributed by atoms with Crippen LogP contribution in [-0.4, -0.2) is 23.1 Å². The zero-order valence-corrected chi connectivity index (χ0v) is 22.2. The van der Waals surface area contributed by atoms with E-state index in [-0.39, 0.29) is 24.1 Å². The zero-order valence-electron chi connectivity index (χ0n) is 22.2. The van der Waals surface area contributed by atoms with E-state index in [1.165, 1.54) is 12.8 Å². The van der Waals surface area contributed by atoms with Gasteiger partial charge in [-0.25, -0.2) is 9.97 Å². The third-order valence-electron chi connectivity index (χ3n) is 6.89. The lowest BCUT2D eigenvalue weighted by Gasteiger charge is -2.34. The first-order chi connectivity index (χ1) is 18.4. The normalized spacial score (nSPS) is 14.8. The number of alkyl halides is 6. The van der Waals surface area contributed by atoms with Gasteiger partial charge in [-0.2, -0.15) is 26.3 Å². The molecule has 0 N–H and O–H groups in total. The van der Waals surface area contributed by atoms with E-state index in [0.29, 0.717) is 5.92 Å². The predicted molar refractivity (Wildman–Crippen MR) is 139 cm³/mol. The summed E-state index contributed by atoms with van der Waals surface area (Å²) in [5.74, 6) is 0.848. The van der Waals surface area contributed by atoms with Gasteiger partial charge in [-0.3, -0.25) is 0 Å². The van der Waals surface area contributed by atoms with E-state index in [0.717, 1.165) is 48.5 Å². The van der Waals surface area contributed by atoms with E-state index < -0.39 is 29.5 Å². The molecule has 1 saturated carbocycles. The average molecular weight is 551 g/mol. The topological polar surface area (TPSA) is 32.3 Å². The number of rotatable bonds is 10. The minimum atomic E-state index is -4.93.